The average molecular weight is 499 g/mol. The van der Waals surface area contributed by atoms with E-state index in [1.54, 1.807) is 67.6 Å². The molecule has 1 saturated heterocycles. The maximum absolute atomic E-state index is 13.0. The lowest BCUT2D eigenvalue weighted by molar-refractivity contribution is -0.0209. The molecule has 8 nitrogen and oxygen atoms in total. The van der Waals surface area contributed by atoms with Crippen LogP contribution in [0, 0.1) is 6.92 Å². The number of hydrogen-bond donors (Lipinski definition) is 2. The maximum atomic E-state index is 13.0. The fraction of sp³-hybridized carbons (Fsp3) is 0.292. The van der Waals surface area contributed by atoms with Crippen LogP contribution in [-0.4, -0.2) is 48.0 Å². The number of aryl methyl sites for hydroxylation is 1. The number of likely N-dealkylation sites (tertiary alicyclic amines) is 1. The van der Waals surface area contributed by atoms with Gasteiger partial charge < -0.3 is 10.0 Å². The number of para-hydroxylation sites is 1. The highest BCUT2D eigenvalue weighted by Crippen LogP contribution is 2.34. The van der Waals surface area contributed by atoms with E-state index in [1.807, 2.05) is 5.38 Å². The number of carbonyl (C=O) groups is 1. The highest BCUT2D eigenvalue weighted by Gasteiger charge is 2.36. The maximum Gasteiger partial charge on any atom is 0.264 e. The number of aliphatic hydroxyl groups is 1. The summed E-state index contributed by atoms with van der Waals surface area (Å²) in [6, 6.07) is 11.3. The first-order valence-electron chi connectivity index (χ1n) is 10.9. The van der Waals surface area contributed by atoms with Crippen molar-refractivity contribution >= 4 is 45.1 Å². The number of anilines is 1. The summed E-state index contributed by atoms with van der Waals surface area (Å²) in [5.41, 5.74) is 1.79. The number of aromatic nitrogens is 1. The molecule has 1 aromatic heterocycles. The summed E-state index contributed by atoms with van der Waals surface area (Å²) in [4.78, 5) is 19.0. The Morgan fingerprint density at radius 3 is 2.53 bits per heavy atom. The predicted octanol–water partition coefficient (Wildman–Crippen LogP) is 4.10. The number of hydrogen-bond acceptors (Lipinski definition) is 7. The number of carbonyl (C=O) groups excluding carboxylic acids is 1. The first kappa shape index (κ1) is 24.1. The van der Waals surface area contributed by atoms with Crippen LogP contribution >= 0.6 is 11.5 Å². The van der Waals surface area contributed by atoms with E-state index < -0.39 is 15.6 Å². The normalized spacial score (nSPS) is 16.0. The van der Waals surface area contributed by atoms with Gasteiger partial charge in [0, 0.05) is 47.7 Å². The number of sulfonamides is 1. The monoisotopic (exact) mass is 498 g/mol. The van der Waals surface area contributed by atoms with Crippen LogP contribution in [0.15, 0.2) is 63.9 Å². The van der Waals surface area contributed by atoms with Crippen LogP contribution < -0.4 is 4.72 Å². The molecule has 4 rings (SSSR count). The molecule has 2 aromatic carbocycles. The Kier molecular flexibility index (Phi) is 6.83. The van der Waals surface area contributed by atoms with Gasteiger partial charge in [-0.25, -0.2) is 12.8 Å². The molecule has 0 saturated carbocycles. The zero-order valence-corrected chi connectivity index (χ0v) is 20.6. The highest BCUT2D eigenvalue weighted by atomic mass is 32.2. The third-order valence-corrected chi connectivity index (χ3v) is 7.98. The molecule has 2 N–H and O–H groups in total. The number of rotatable bonds is 6. The molecule has 0 bridgehead atoms. The van der Waals surface area contributed by atoms with Crippen molar-refractivity contribution in [2.45, 2.75) is 37.2 Å². The highest BCUT2D eigenvalue weighted by molar-refractivity contribution is 7.92. The lowest BCUT2D eigenvalue weighted by atomic mass is 9.86. The molecule has 1 aliphatic heterocycles. The second-order valence-electron chi connectivity index (χ2n) is 8.23. The van der Waals surface area contributed by atoms with Gasteiger partial charge in [0.25, 0.3) is 15.9 Å². The summed E-state index contributed by atoms with van der Waals surface area (Å²) in [5, 5.41) is 12.7. The van der Waals surface area contributed by atoms with Gasteiger partial charge in [-0.05, 0) is 74.1 Å². The van der Waals surface area contributed by atoms with Crippen molar-refractivity contribution in [3.63, 3.8) is 0 Å². The largest absolute Gasteiger partial charge is 0.385 e. The Morgan fingerprint density at radius 1 is 1.21 bits per heavy atom. The standard InChI is InChI=1S/C24H26N4O4S2/c1-3-25-22-17(2)5-4-6-21(22)34(31,32)27-20-9-7-18(8-10-20)23(29)28-13-11-24(30,12-14-28)19-15-26-33-16-19/h3-10,15-16,27,30H,11-14H2,1-2H3. The van der Waals surface area contributed by atoms with Crippen LogP contribution in [0.25, 0.3) is 0 Å². The van der Waals surface area contributed by atoms with E-state index in [-0.39, 0.29) is 10.8 Å². The van der Waals surface area contributed by atoms with Crippen molar-refractivity contribution in [3.8, 4) is 0 Å². The Balaban J connectivity index is 1.45. The summed E-state index contributed by atoms with van der Waals surface area (Å²) < 4.78 is 32.6. The second-order valence-corrected chi connectivity index (χ2v) is 10.5. The van der Waals surface area contributed by atoms with E-state index in [0.29, 0.717) is 42.9 Å². The lowest BCUT2D eigenvalue weighted by Gasteiger charge is -2.37. The van der Waals surface area contributed by atoms with Gasteiger partial charge in [0.2, 0.25) is 0 Å². The van der Waals surface area contributed by atoms with Crippen LogP contribution in [0.3, 0.4) is 0 Å². The number of nitrogens with zero attached hydrogens (tertiary/aromatic N) is 3. The molecule has 1 aliphatic rings. The molecule has 0 radical (unpaired) electrons. The number of piperidine rings is 1. The van der Waals surface area contributed by atoms with Gasteiger partial charge in [-0.2, -0.15) is 0 Å². The van der Waals surface area contributed by atoms with Gasteiger partial charge in [-0.3, -0.25) is 14.5 Å². The van der Waals surface area contributed by atoms with Crippen LogP contribution in [-0.2, 0) is 15.6 Å². The number of amides is 1. The topological polar surface area (TPSA) is 112 Å². The molecular weight excluding hydrogens is 472 g/mol. The van der Waals surface area contributed by atoms with Crippen LogP contribution in [0.5, 0.6) is 0 Å². The molecule has 0 atom stereocenters. The van der Waals surface area contributed by atoms with Crippen LogP contribution in [0.2, 0.25) is 0 Å². The molecular formula is C24H26N4O4S2. The molecule has 3 aromatic rings. The Labute approximate surface area is 203 Å². The number of benzene rings is 2. The molecule has 2 heterocycles. The van der Waals surface area contributed by atoms with E-state index in [0.717, 1.165) is 11.1 Å². The van der Waals surface area contributed by atoms with E-state index in [9.17, 15) is 18.3 Å². The molecule has 0 spiro atoms. The van der Waals surface area contributed by atoms with Crippen LogP contribution in [0.4, 0.5) is 11.4 Å². The average Bonchev–Trinajstić information content (AvgIpc) is 3.37. The quantitative estimate of drug-likeness (QED) is 0.497. The fourth-order valence-corrected chi connectivity index (χ4v) is 5.93. The van der Waals surface area contributed by atoms with E-state index in [2.05, 4.69) is 14.1 Å². The predicted molar refractivity (Wildman–Crippen MR) is 133 cm³/mol. The number of aliphatic imine (C=N–C) groups is 1. The molecule has 0 unspecified atom stereocenters. The van der Waals surface area contributed by atoms with Gasteiger partial charge in [-0.15, -0.1) is 0 Å². The zero-order chi connectivity index (χ0) is 24.3. The molecule has 178 valence electrons. The minimum absolute atomic E-state index is 0.0902. The van der Waals surface area contributed by atoms with Crippen molar-refractivity contribution in [1.29, 1.82) is 0 Å². The Bertz CT molecular complexity index is 1300. The van der Waals surface area contributed by atoms with Crippen molar-refractivity contribution < 1.29 is 18.3 Å². The van der Waals surface area contributed by atoms with Gasteiger partial charge in [0.05, 0.1) is 11.3 Å². The summed E-state index contributed by atoms with van der Waals surface area (Å²) in [5.74, 6) is -0.154. The molecule has 0 aliphatic carbocycles. The zero-order valence-electron chi connectivity index (χ0n) is 18.9. The number of nitrogens with one attached hydrogen (secondary N) is 1. The smallest absolute Gasteiger partial charge is 0.264 e. The first-order chi connectivity index (χ1) is 16.2. The van der Waals surface area contributed by atoms with Crippen molar-refractivity contribution in [1.82, 2.24) is 9.27 Å². The Morgan fingerprint density at radius 2 is 1.91 bits per heavy atom. The van der Waals surface area contributed by atoms with E-state index in [4.69, 9.17) is 0 Å². The van der Waals surface area contributed by atoms with Crippen molar-refractivity contribution in [2.75, 3.05) is 17.8 Å². The fourth-order valence-electron chi connectivity index (χ4n) is 4.02. The lowest BCUT2D eigenvalue weighted by Crippen LogP contribution is -2.45. The second kappa shape index (κ2) is 9.65. The minimum Gasteiger partial charge on any atom is -0.385 e. The van der Waals surface area contributed by atoms with Gasteiger partial charge >= 0.3 is 0 Å². The summed E-state index contributed by atoms with van der Waals surface area (Å²) >= 11 is 1.30. The van der Waals surface area contributed by atoms with Crippen molar-refractivity contribution in [3.05, 3.63) is 70.7 Å². The third-order valence-electron chi connectivity index (χ3n) is 5.98. The van der Waals surface area contributed by atoms with Gasteiger partial charge in [-0.1, -0.05) is 12.1 Å². The van der Waals surface area contributed by atoms with Crippen LogP contribution in [0.1, 0.15) is 41.3 Å². The molecule has 1 fully saturated rings. The first-order valence-corrected chi connectivity index (χ1v) is 13.2. The summed E-state index contributed by atoms with van der Waals surface area (Å²) in [6.45, 7) is 4.38. The van der Waals surface area contributed by atoms with Crippen molar-refractivity contribution in [2.24, 2.45) is 4.99 Å². The third kappa shape index (κ3) is 4.89. The van der Waals surface area contributed by atoms with E-state index >= 15 is 0 Å². The Hall–Kier alpha value is -3.08. The van der Waals surface area contributed by atoms with Gasteiger partial charge in [0.1, 0.15) is 4.90 Å². The molecule has 10 heteroatoms. The van der Waals surface area contributed by atoms with E-state index in [1.165, 1.54) is 17.6 Å². The summed E-state index contributed by atoms with van der Waals surface area (Å²) in [7, 11) is -3.87. The summed E-state index contributed by atoms with van der Waals surface area (Å²) in [6.07, 6.45) is 4.11. The minimum atomic E-state index is -3.87. The SMILES string of the molecule is CC=Nc1c(C)cccc1S(=O)(=O)Nc1ccc(C(=O)N2CCC(O)(c3cnsc3)CC2)cc1. The molecule has 34 heavy (non-hydrogen) atoms. The van der Waals surface area contributed by atoms with Gasteiger partial charge in [0.15, 0.2) is 0 Å². The molecule has 1 amide bonds.